The van der Waals surface area contributed by atoms with Gasteiger partial charge in [0.2, 0.25) is 0 Å². The van der Waals surface area contributed by atoms with Gasteiger partial charge in [-0.05, 0) is 38.2 Å². The first-order chi connectivity index (χ1) is 11.5. The molecule has 0 bridgehead atoms. The van der Waals surface area contributed by atoms with Gasteiger partial charge in [-0.15, -0.1) is 0 Å². The molecule has 1 N–H and O–H groups in total. The van der Waals surface area contributed by atoms with Crippen LogP contribution in [0.4, 0.5) is 4.39 Å². The minimum absolute atomic E-state index is 0.251. The molecule has 5 nitrogen and oxygen atoms in total. The molecule has 0 spiro atoms. The molecule has 2 aromatic heterocycles. The van der Waals surface area contributed by atoms with Crippen LogP contribution in [0.15, 0.2) is 30.5 Å². The molecule has 7 heteroatoms. The van der Waals surface area contributed by atoms with Crippen molar-refractivity contribution in [3.8, 4) is 11.3 Å². The van der Waals surface area contributed by atoms with Gasteiger partial charge in [-0.3, -0.25) is 14.7 Å². The van der Waals surface area contributed by atoms with Crippen LogP contribution in [-0.4, -0.2) is 31.9 Å². The highest BCUT2D eigenvalue weighted by Gasteiger charge is 2.15. The predicted octanol–water partition coefficient (Wildman–Crippen LogP) is 3.54. The van der Waals surface area contributed by atoms with Gasteiger partial charge in [-0.25, -0.2) is 4.39 Å². The molecule has 0 radical (unpaired) electrons. The fourth-order valence-corrected chi connectivity index (χ4v) is 3.00. The number of aromatic nitrogens is 4. The van der Waals surface area contributed by atoms with Gasteiger partial charge in [0, 0.05) is 36.8 Å². The zero-order valence-corrected chi connectivity index (χ0v) is 14.6. The van der Waals surface area contributed by atoms with Crippen molar-refractivity contribution in [3.05, 3.63) is 58.3 Å². The summed E-state index contributed by atoms with van der Waals surface area (Å²) in [5, 5.41) is 12.1. The van der Waals surface area contributed by atoms with Crippen molar-refractivity contribution in [2.24, 2.45) is 7.05 Å². The van der Waals surface area contributed by atoms with Gasteiger partial charge < -0.3 is 0 Å². The fraction of sp³-hybridized carbons (Fsp3) is 0.294. The van der Waals surface area contributed by atoms with Gasteiger partial charge in [-0.2, -0.15) is 10.2 Å². The standard InChI is InChI=1S/C17H19ClFN5/c1-11-15(17(18)24(3)22-11)10-23(2)9-13-8-20-21-16(13)12-4-6-14(19)7-5-12/h4-8H,9-10H2,1-3H3,(H,20,21). The third-order valence-electron chi connectivity index (χ3n) is 3.99. The van der Waals surface area contributed by atoms with E-state index >= 15 is 0 Å². The molecule has 0 unspecified atom stereocenters. The fourth-order valence-electron chi connectivity index (χ4n) is 2.77. The van der Waals surface area contributed by atoms with Crippen LogP contribution in [0.5, 0.6) is 0 Å². The molecule has 2 heterocycles. The van der Waals surface area contributed by atoms with Gasteiger partial charge in [-0.1, -0.05) is 11.6 Å². The van der Waals surface area contributed by atoms with Crippen LogP contribution in [0, 0.1) is 12.7 Å². The van der Waals surface area contributed by atoms with Crippen LogP contribution >= 0.6 is 11.6 Å². The number of aromatic amines is 1. The molecule has 24 heavy (non-hydrogen) atoms. The summed E-state index contributed by atoms with van der Waals surface area (Å²) in [6, 6.07) is 6.38. The van der Waals surface area contributed by atoms with E-state index in [2.05, 4.69) is 20.2 Å². The minimum atomic E-state index is -0.251. The second-order valence-corrected chi connectivity index (χ2v) is 6.29. The Kier molecular flexibility index (Phi) is 4.69. The summed E-state index contributed by atoms with van der Waals surface area (Å²) in [5.41, 5.74) is 4.80. The largest absolute Gasteiger partial charge is 0.298 e. The Morgan fingerprint density at radius 3 is 2.58 bits per heavy atom. The average molecular weight is 348 g/mol. The summed E-state index contributed by atoms with van der Waals surface area (Å²) in [5.74, 6) is -0.251. The van der Waals surface area contributed by atoms with Gasteiger partial charge in [0.05, 0.1) is 17.6 Å². The maximum absolute atomic E-state index is 13.1. The molecule has 0 saturated carbocycles. The maximum Gasteiger partial charge on any atom is 0.131 e. The number of rotatable bonds is 5. The Balaban J connectivity index is 1.77. The molecule has 3 aromatic rings. The van der Waals surface area contributed by atoms with Crippen LogP contribution in [0.1, 0.15) is 16.8 Å². The molecular weight excluding hydrogens is 329 g/mol. The number of hydrogen-bond acceptors (Lipinski definition) is 3. The number of halogens is 2. The van der Waals surface area contributed by atoms with Crippen LogP contribution < -0.4 is 0 Å². The minimum Gasteiger partial charge on any atom is -0.298 e. The smallest absolute Gasteiger partial charge is 0.131 e. The first-order valence-electron chi connectivity index (χ1n) is 7.60. The molecule has 0 amide bonds. The van der Waals surface area contributed by atoms with Crippen molar-refractivity contribution < 1.29 is 4.39 Å². The van der Waals surface area contributed by atoms with E-state index in [1.54, 1.807) is 23.0 Å². The van der Waals surface area contributed by atoms with Crippen LogP contribution in [0.25, 0.3) is 11.3 Å². The second kappa shape index (κ2) is 6.75. The normalized spacial score (nSPS) is 11.4. The maximum atomic E-state index is 13.1. The molecule has 0 fully saturated rings. The summed E-state index contributed by atoms with van der Waals surface area (Å²) >= 11 is 6.30. The highest BCUT2D eigenvalue weighted by Crippen LogP contribution is 2.24. The molecule has 1 aromatic carbocycles. The molecular formula is C17H19ClFN5. The van der Waals surface area contributed by atoms with E-state index in [1.807, 2.05) is 21.0 Å². The summed E-state index contributed by atoms with van der Waals surface area (Å²) in [6.07, 6.45) is 1.80. The van der Waals surface area contributed by atoms with E-state index in [4.69, 9.17) is 11.6 Å². The van der Waals surface area contributed by atoms with Crippen molar-refractivity contribution in [2.75, 3.05) is 7.05 Å². The Hall–Kier alpha value is -2.18. The number of aryl methyl sites for hydroxylation is 2. The van der Waals surface area contributed by atoms with Crippen LogP contribution in [0.2, 0.25) is 5.15 Å². The molecule has 3 rings (SSSR count). The quantitative estimate of drug-likeness (QED) is 0.768. The summed E-state index contributed by atoms with van der Waals surface area (Å²) in [7, 11) is 3.85. The first kappa shape index (κ1) is 16.7. The number of H-pyrrole nitrogens is 1. The summed E-state index contributed by atoms with van der Waals surface area (Å²) in [4.78, 5) is 2.15. The number of hydrogen-bond donors (Lipinski definition) is 1. The van der Waals surface area contributed by atoms with E-state index in [0.29, 0.717) is 18.2 Å². The van der Waals surface area contributed by atoms with Gasteiger partial charge in [0.25, 0.3) is 0 Å². The summed E-state index contributed by atoms with van der Waals surface area (Å²) in [6.45, 7) is 3.33. The predicted molar refractivity (Wildman–Crippen MR) is 92.1 cm³/mol. The Morgan fingerprint density at radius 2 is 1.96 bits per heavy atom. The van der Waals surface area contributed by atoms with E-state index in [1.165, 1.54) is 12.1 Å². The van der Waals surface area contributed by atoms with E-state index in [-0.39, 0.29) is 5.82 Å². The lowest BCUT2D eigenvalue weighted by molar-refractivity contribution is 0.319. The highest BCUT2D eigenvalue weighted by molar-refractivity contribution is 6.30. The monoisotopic (exact) mass is 347 g/mol. The lowest BCUT2D eigenvalue weighted by atomic mass is 10.1. The van der Waals surface area contributed by atoms with E-state index < -0.39 is 0 Å². The Bertz CT molecular complexity index is 837. The van der Waals surface area contributed by atoms with Gasteiger partial charge in [0.15, 0.2) is 0 Å². The zero-order chi connectivity index (χ0) is 17.3. The molecule has 0 saturated heterocycles. The zero-order valence-electron chi connectivity index (χ0n) is 13.8. The van der Waals surface area contributed by atoms with Crippen molar-refractivity contribution >= 4 is 11.6 Å². The first-order valence-corrected chi connectivity index (χ1v) is 7.98. The lowest BCUT2D eigenvalue weighted by Crippen LogP contribution is -2.18. The van der Waals surface area contributed by atoms with Crippen LogP contribution in [-0.2, 0) is 20.1 Å². The van der Waals surface area contributed by atoms with Crippen molar-refractivity contribution in [3.63, 3.8) is 0 Å². The van der Waals surface area contributed by atoms with Crippen LogP contribution in [0.3, 0.4) is 0 Å². The second-order valence-electron chi connectivity index (χ2n) is 5.93. The molecule has 126 valence electrons. The molecule has 0 atom stereocenters. The molecule has 0 aliphatic heterocycles. The SMILES string of the molecule is Cc1nn(C)c(Cl)c1CN(C)Cc1cn[nH]c1-c1ccc(F)cc1. The topological polar surface area (TPSA) is 49.7 Å². The van der Waals surface area contributed by atoms with Gasteiger partial charge >= 0.3 is 0 Å². The number of benzene rings is 1. The Labute approximate surface area is 145 Å². The van der Waals surface area contributed by atoms with Gasteiger partial charge in [0.1, 0.15) is 11.0 Å². The van der Waals surface area contributed by atoms with E-state index in [9.17, 15) is 4.39 Å². The third-order valence-corrected chi connectivity index (χ3v) is 4.46. The summed E-state index contributed by atoms with van der Waals surface area (Å²) < 4.78 is 14.8. The lowest BCUT2D eigenvalue weighted by Gasteiger charge is -2.16. The van der Waals surface area contributed by atoms with Crippen molar-refractivity contribution in [1.29, 1.82) is 0 Å². The van der Waals surface area contributed by atoms with E-state index in [0.717, 1.165) is 28.1 Å². The average Bonchev–Trinajstić information content (AvgIpc) is 3.08. The third kappa shape index (κ3) is 3.34. The van der Waals surface area contributed by atoms with Crippen molar-refractivity contribution in [1.82, 2.24) is 24.9 Å². The Morgan fingerprint density at radius 1 is 1.25 bits per heavy atom. The molecule has 0 aliphatic carbocycles. The van der Waals surface area contributed by atoms with Crippen molar-refractivity contribution in [2.45, 2.75) is 20.0 Å². The molecule has 0 aliphatic rings. The number of nitrogens with zero attached hydrogens (tertiary/aromatic N) is 4. The highest BCUT2D eigenvalue weighted by atomic mass is 35.5. The number of nitrogens with one attached hydrogen (secondary N) is 1.